The number of amidine groups is 1. The summed E-state index contributed by atoms with van der Waals surface area (Å²) in [5, 5.41) is 15.3. The molecule has 0 spiro atoms. The standard InChI is InChI=1S/C20H21ClFN3O/c1-13-12-25(18(23)11-8-14-6-9-15(22)10-7-14)24-19(13)16-4-3-5-17(21)20(16)26-2/h3-7,9-10,13,23H,8,11-12H2,1-2H3. The fourth-order valence-corrected chi connectivity index (χ4v) is 3.32. The van der Waals surface area contributed by atoms with E-state index in [9.17, 15) is 4.39 Å². The number of hydrazone groups is 1. The average Bonchev–Trinajstić information content (AvgIpc) is 3.02. The number of halogens is 2. The number of ether oxygens (including phenoxy) is 1. The van der Waals surface area contributed by atoms with Crippen molar-refractivity contribution in [1.82, 2.24) is 5.01 Å². The van der Waals surface area contributed by atoms with Crippen LogP contribution < -0.4 is 4.74 Å². The molecule has 0 amide bonds. The number of nitrogens with zero attached hydrogens (tertiary/aromatic N) is 2. The van der Waals surface area contributed by atoms with Crippen LogP contribution in [0.15, 0.2) is 47.6 Å². The topological polar surface area (TPSA) is 48.7 Å². The lowest BCUT2D eigenvalue weighted by Gasteiger charge is -2.15. The number of benzene rings is 2. The van der Waals surface area contributed by atoms with Gasteiger partial charge in [0.05, 0.1) is 24.4 Å². The number of hydrogen-bond acceptors (Lipinski definition) is 3. The molecule has 26 heavy (non-hydrogen) atoms. The van der Waals surface area contributed by atoms with Crippen molar-refractivity contribution < 1.29 is 9.13 Å². The maximum absolute atomic E-state index is 13.0. The first-order chi connectivity index (χ1) is 12.5. The molecule has 1 atom stereocenters. The molecule has 1 aliphatic rings. The van der Waals surface area contributed by atoms with Crippen LogP contribution in [-0.2, 0) is 6.42 Å². The highest BCUT2D eigenvalue weighted by Crippen LogP contribution is 2.32. The van der Waals surface area contributed by atoms with E-state index in [-0.39, 0.29) is 11.7 Å². The monoisotopic (exact) mass is 373 g/mol. The fourth-order valence-electron chi connectivity index (χ4n) is 3.07. The van der Waals surface area contributed by atoms with Crippen LogP contribution in [0.1, 0.15) is 24.5 Å². The van der Waals surface area contributed by atoms with E-state index in [1.807, 2.05) is 12.1 Å². The number of nitrogens with one attached hydrogen (secondary N) is 1. The second-order valence-corrected chi connectivity index (χ2v) is 6.77. The predicted octanol–water partition coefficient (Wildman–Crippen LogP) is 4.75. The van der Waals surface area contributed by atoms with Gasteiger partial charge in [-0.05, 0) is 36.2 Å². The zero-order chi connectivity index (χ0) is 18.7. The first-order valence-electron chi connectivity index (χ1n) is 8.50. The van der Waals surface area contributed by atoms with Gasteiger partial charge in [0.15, 0.2) is 0 Å². The summed E-state index contributed by atoms with van der Waals surface area (Å²) < 4.78 is 18.4. The van der Waals surface area contributed by atoms with E-state index >= 15 is 0 Å². The van der Waals surface area contributed by atoms with E-state index < -0.39 is 0 Å². The predicted molar refractivity (Wildman–Crippen MR) is 103 cm³/mol. The lowest BCUT2D eigenvalue weighted by molar-refractivity contribution is 0.414. The molecule has 3 rings (SSSR count). The minimum absolute atomic E-state index is 0.161. The van der Waals surface area contributed by atoms with Gasteiger partial charge in [-0.1, -0.05) is 36.7 Å². The molecule has 0 aliphatic carbocycles. The molecule has 1 aliphatic heterocycles. The Bertz CT molecular complexity index is 835. The Morgan fingerprint density at radius 3 is 2.73 bits per heavy atom. The largest absolute Gasteiger partial charge is 0.494 e. The highest BCUT2D eigenvalue weighted by atomic mass is 35.5. The molecule has 2 aromatic carbocycles. The van der Waals surface area contributed by atoms with Gasteiger partial charge in [0.25, 0.3) is 0 Å². The highest BCUT2D eigenvalue weighted by molar-refractivity contribution is 6.32. The SMILES string of the molecule is COc1c(Cl)cccc1C1=NN(C(=N)CCc2ccc(F)cc2)CC1C. The van der Waals surface area contributed by atoms with Crippen molar-refractivity contribution in [2.45, 2.75) is 19.8 Å². The van der Waals surface area contributed by atoms with Crippen LogP contribution in [0.3, 0.4) is 0 Å². The highest BCUT2D eigenvalue weighted by Gasteiger charge is 2.28. The number of rotatable bonds is 5. The third kappa shape index (κ3) is 3.88. The number of hydrogen-bond donors (Lipinski definition) is 1. The Labute approximate surface area is 157 Å². The molecule has 0 radical (unpaired) electrons. The van der Waals surface area contributed by atoms with E-state index in [1.54, 1.807) is 30.3 Å². The molecule has 0 bridgehead atoms. The third-order valence-electron chi connectivity index (χ3n) is 4.46. The Morgan fingerprint density at radius 1 is 1.31 bits per heavy atom. The van der Waals surface area contributed by atoms with E-state index in [4.69, 9.17) is 21.7 Å². The molecule has 0 aromatic heterocycles. The second-order valence-electron chi connectivity index (χ2n) is 6.36. The Hall–Kier alpha value is -2.40. The summed E-state index contributed by atoms with van der Waals surface area (Å²) in [6.07, 6.45) is 1.22. The lowest BCUT2D eigenvalue weighted by Crippen LogP contribution is -2.25. The fraction of sp³-hybridized carbons (Fsp3) is 0.300. The molecule has 0 saturated carbocycles. The molecule has 2 aromatic rings. The van der Waals surface area contributed by atoms with E-state index in [0.29, 0.717) is 36.0 Å². The summed E-state index contributed by atoms with van der Waals surface area (Å²) in [5.74, 6) is 0.965. The average molecular weight is 374 g/mol. The molecule has 136 valence electrons. The first-order valence-corrected chi connectivity index (χ1v) is 8.88. The molecule has 1 heterocycles. The van der Waals surface area contributed by atoms with Gasteiger partial charge >= 0.3 is 0 Å². The molecular formula is C20H21ClFN3O. The van der Waals surface area contributed by atoms with Crippen molar-refractivity contribution in [1.29, 1.82) is 5.41 Å². The summed E-state index contributed by atoms with van der Waals surface area (Å²) in [4.78, 5) is 0. The lowest BCUT2D eigenvalue weighted by atomic mass is 9.98. The zero-order valence-electron chi connectivity index (χ0n) is 14.8. The zero-order valence-corrected chi connectivity index (χ0v) is 15.6. The van der Waals surface area contributed by atoms with Crippen molar-refractivity contribution in [3.8, 4) is 5.75 Å². The van der Waals surface area contributed by atoms with Gasteiger partial charge in [0.1, 0.15) is 17.4 Å². The van der Waals surface area contributed by atoms with Crippen molar-refractivity contribution in [2.75, 3.05) is 13.7 Å². The number of para-hydroxylation sites is 1. The summed E-state index contributed by atoms with van der Waals surface area (Å²) in [7, 11) is 1.59. The normalized spacial score (nSPS) is 16.5. The maximum atomic E-state index is 13.0. The molecule has 0 fully saturated rings. The van der Waals surface area contributed by atoms with Crippen LogP contribution in [0.4, 0.5) is 4.39 Å². The summed E-state index contributed by atoms with van der Waals surface area (Å²) in [6.45, 7) is 2.72. The second kappa shape index (κ2) is 7.87. The summed E-state index contributed by atoms with van der Waals surface area (Å²) >= 11 is 6.22. The third-order valence-corrected chi connectivity index (χ3v) is 4.76. The Kier molecular flexibility index (Phi) is 5.57. The molecule has 0 saturated heterocycles. The van der Waals surface area contributed by atoms with Gasteiger partial charge in [-0.15, -0.1) is 0 Å². The van der Waals surface area contributed by atoms with Crippen molar-refractivity contribution >= 4 is 23.1 Å². The van der Waals surface area contributed by atoms with Gasteiger partial charge in [0.2, 0.25) is 0 Å². The smallest absolute Gasteiger partial charge is 0.146 e. The van der Waals surface area contributed by atoms with Crippen molar-refractivity contribution in [3.63, 3.8) is 0 Å². The van der Waals surface area contributed by atoms with Gasteiger partial charge in [0, 0.05) is 17.9 Å². The number of aryl methyl sites for hydroxylation is 1. The summed E-state index contributed by atoms with van der Waals surface area (Å²) in [6, 6.07) is 12.0. The van der Waals surface area contributed by atoms with Gasteiger partial charge in [-0.2, -0.15) is 5.10 Å². The van der Waals surface area contributed by atoms with Crippen molar-refractivity contribution in [2.24, 2.45) is 11.0 Å². The molecule has 6 heteroatoms. The first kappa shape index (κ1) is 18.4. The molecular weight excluding hydrogens is 353 g/mol. The molecule has 4 nitrogen and oxygen atoms in total. The minimum Gasteiger partial charge on any atom is -0.494 e. The van der Waals surface area contributed by atoms with E-state index in [1.165, 1.54) is 12.1 Å². The van der Waals surface area contributed by atoms with Crippen LogP contribution >= 0.6 is 11.6 Å². The van der Waals surface area contributed by atoms with Gasteiger partial charge in [-0.25, -0.2) is 4.39 Å². The Morgan fingerprint density at radius 2 is 2.04 bits per heavy atom. The summed E-state index contributed by atoms with van der Waals surface area (Å²) in [5.41, 5.74) is 2.74. The van der Waals surface area contributed by atoms with Crippen LogP contribution in [0, 0.1) is 17.1 Å². The quantitative estimate of drug-likeness (QED) is 0.607. The van der Waals surface area contributed by atoms with Gasteiger partial charge < -0.3 is 4.74 Å². The van der Waals surface area contributed by atoms with Crippen LogP contribution in [0.25, 0.3) is 0 Å². The maximum Gasteiger partial charge on any atom is 0.146 e. The number of methoxy groups -OCH3 is 1. The molecule has 1 N–H and O–H groups in total. The van der Waals surface area contributed by atoms with E-state index in [2.05, 4.69) is 12.0 Å². The van der Waals surface area contributed by atoms with E-state index in [0.717, 1.165) is 16.8 Å². The van der Waals surface area contributed by atoms with Crippen LogP contribution in [-0.4, -0.2) is 30.2 Å². The Balaban J connectivity index is 1.73. The molecule has 1 unspecified atom stereocenters. The van der Waals surface area contributed by atoms with Crippen molar-refractivity contribution in [3.05, 3.63) is 64.4 Å². The van der Waals surface area contributed by atoms with Gasteiger partial charge in [-0.3, -0.25) is 10.4 Å². The van der Waals surface area contributed by atoms with Crippen LogP contribution in [0.2, 0.25) is 5.02 Å². The minimum atomic E-state index is -0.248. The van der Waals surface area contributed by atoms with Crippen LogP contribution in [0.5, 0.6) is 5.75 Å².